The number of allylic oxidation sites excluding steroid dienone is 3. The second kappa shape index (κ2) is 10.6. The van der Waals surface area contributed by atoms with Crippen LogP contribution in [0.1, 0.15) is 41.1 Å². The third-order valence-corrected chi connectivity index (χ3v) is 5.50. The van der Waals surface area contributed by atoms with E-state index in [1.807, 2.05) is 49.5 Å². The molecule has 3 aromatic rings. The van der Waals surface area contributed by atoms with Gasteiger partial charge < -0.3 is 9.30 Å². The van der Waals surface area contributed by atoms with E-state index in [0.717, 1.165) is 35.5 Å². The maximum atomic E-state index is 12.2. The third-order valence-electron chi connectivity index (χ3n) is 5.50. The Hall–Kier alpha value is -3.99. The first-order valence-electron chi connectivity index (χ1n) is 11.0. The van der Waals surface area contributed by atoms with E-state index in [0.29, 0.717) is 6.61 Å². The first-order valence-corrected chi connectivity index (χ1v) is 11.0. The first kappa shape index (κ1) is 22.2. The molecule has 0 N–H and O–H groups in total. The number of rotatable bonds is 9. The van der Waals surface area contributed by atoms with Crippen molar-refractivity contribution in [1.82, 2.24) is 9.55 Å². The van der Waals surface area contributed by atoms with Crippen molar-refractivity contribution in [2.75, 3.05) is 0 Å². The largest absolute Gasteiger partial charge is 0.487 e. The lowest BCUT2D eigenvalue weighted by Gasteiger charge is -2.06. The van der Waals surface area contributed by atoms with E-state index in [-0.39, 0.29) is 18.0 Å². The van der Waals surface area contributed by atoms with Gasteiger partial charge >= 0.3 is 0 Å². The number of aromatic nitrogens is 2. The molecule has 4 rings (SSSR count). The zero-order chi connectivity index (χ0) is 23.0. The van der Waals surface area contributed by atoms with Crippen LogP contribution in [0, 0.1) is 0 Å². The lowest BCUT2D eigenvalue weighted by molar-refractivity contribution is -0.121. The fraction of sp³-hybridized carbons (Fsp3) is 0.179. The van der Waals surface area contributed by atoms with Gasteiger partial charge in [-0.15, -0.1) is 0 Å². The van der Waals surface area contributed by atoms with Crippen LogP contribution in [-0.2, 0) is 29.7 Å². The van der Waals surface area contributed by atoms with E-state index in [1.165, 1.54) is 23.4 Å². The van der Waals surface area contributed by atoms with Crippen LogP contribution in [0.5, 0.6) is 5.75 Å². The molecule has 0 unspecified atom stereocenters. The molecule has 0 aliphatic heterocycles. The summed E-state index contributed by atoms with van der Waals surface area (Å²) in [5.74, 6) is 0.286. The Morgan fingerprint density at radius 1 is 1.06 bits per heavy atom. The molecule has 2 heterocycles. The Morgan fingerprint density at radius 2 is 1.85 bits per heavy atom. The molecule has 0 atom stereocenters. The summed E-state index contributed by atoms with van der Waals surface area (Å²) in [7, 11) is 1.99. The number of ketones is 2. The summed E-state index contributed by atoms with van der Waals surface area (Å²) < 4.78 is 7.78. The average Bonchev–Trinajstić information content (AvgIpc) is 3.17. The minimum absolute atomic E-state index is 0.150. The van der Waals surface area contributed by atoms with Crippen molar-refractivity contribution in [2.24, 2.45) is 7.05 Å². The van der Waals surface area contributed by atoms with Gasteiger partial charge in [-0.25, -0.2) is 0 Å². The highest BCUT2D eigenvalue weighted by atomic mass is 16.5. The second-order valence-corrected chi connectivity index (χ2v) is 7.93. The van der Waals surface area contributed by atoms with E-state index in [1.54, 1.807) is 18.3 Å². The highest BCUT2D eigenvalue weighted by molar-refractivity contribution is 6.10. The number of carbonyl (C=O) groups excluding carboxylic acids is 2. The van der Waals surface area contributed by atoms with Gasteiger partial charge in [0.1, 0.15) is 12.4 Å². The molecule has 1 aliphatic carbocycles. The smallest absolute Gasteiger partial charge is 0.163 e. The topological polar surface area (TPSA) is 61.2 Å². The minimum Gasteiger partial charge on any atom is -0.487 e. The van der Waals surface area contributed by atoms with Crippen LogP contribution in [0.15, 0.2) is 73.0 Å². The van der Waals surface area contributed by atoms with Gasteiger partial charge in [0, 0.05) is 24.6 Å². The van der Waals surface area contributed by atoms with E-state index < -0.39 is 0 Å². The van der Waals surface area contributed by atoms with Crippen molar-refractivity contribution in [1.29, 1.82) is 0 Å². The number of fused-ring (bicyclic) bond motifs is 1. The lowest BCUT2D eigenvalue weighted by atomic mass is 10.0. The summed E-state index contributed by atoms with van der Waals surface area (Å²) in [5, 5.41) is 0. The zero-order valence-electron chi connectivity index (χ0n) is 18.6. The maximum Gasteiger partial charge on any atom is 0.163 e. The molecule has 5 nitrogen and oxygen atoms in total. The minimum atomic E-state index is -0.228. The van der Waals surface area contributed by atoms with Crippen LogP contribution in [-0.4, -0.2) is 21.1 Å². The summed E-state index contributed by atoms with van der Waals surface area (Å²) in [6, 6.07) is 15.2. The van der Waals surface area contributed by atoms with Crippen molar-refractivity contribution in [3.05, 3.63) is 101 Å². The molecule has 0 fully saturated rings. The predicted molar refractivity (Wildman–Crippen MR) is 130 cm³/mol. The highest BCUT2D eigenvalue weighted by Gasteiger charge is 2.11. The Labute approximate surface area is 193 Å². The molecule has 1 aliphatic rings. The molecule has 0 bridgehead atoms. The van der Waals surface area contributed by atoms with Gasteiger partial charge in [0.15, 0.2) is 11.6 Å². The van der Waals surface area contributed by atoms with E-state index >= 15 is 0 Å². The molecule has 0 saturated heterocycles. The third kappa shape index (κ3) is 6.04. The molecule has 33 heavy (non-hydrogen) atoms. The predicted octanol–water partition coefficient (Wildman–Crippen LogP) is 5.21. The molecular weight excluding hydrogens is 412 g/mol. The fourth-order valence-corrected chi connectivity index (χ4v) is 3.69. The Kier molecular flexibility index (Phi) is 7.10. The first-order chi connectivity index (χ1) is 16.1. The van der Waals surface area contributed by atoms with Crippen molar-refractivity contribution < 1.29 is 14.3 Å². The van der Waals surface area contributed by atoms with Crippen LogP contribution < -0.4 is 4.74 Å². The molecule has 0 saturated carbocycles. The number of benzene rings is 1. The highest BCUT2D eigenvalue weighted by Crippen LogP contribution is 2.23. The Bertz CT molecular complexity index is 1220. The summed E-state index contributed by atoms with van der Waals surface area (Å²) in [5.41, 5.74) is 5.15. The molecule has 5 heteroatoms. The number of hydrogen-bond donors (Lipinski definition) is 0. The number of ether oxygens (including phenoxy) is 1. The standard InChI is InChI=1S/C28H26N2O3/c1-30-24(18-22-6-2-3-8-28(22)30)12-14-26(32)19-25(31)13-9-21-10-15-27(16-11-21)33-20-23-7-4-5-17-29-23/h3-5,7-18H,2,6,19-20H2,1H3. The van der Waals surface area contributed by atoms with Gasteiger partial charge in [-0.3, -0.25) is 14.6 Å². The number of hydrogen-bond acceptors (Lipinski definition) is 4. The lowest BCUT2D eigenvalue weighted by Crippen LogP contribution is -2.02. The van der Waals surface area contributed by atoms with Crippen LogP contribution in [0.4, 0.5) is 0 Å². The van der Waals surface area contributed by atoms with Crippen LogP contribution in [0.25, 0.3) is 18.2 Å². The number of nitrogens with zero attached hydrogens (tertiary/aromatic N) is 2. The van der Waals surface area contributed by atoms with Crippen LogP contribution in [0.3, 0.4) is 0 Å². The normalized spacial score (nSPS) is 12.9. The monoisotopic (exact) mass is 438 g/mol. The van der Waals surface area contributed by atoms with Gasteiger partial charge in [0.25, 0.3) is 0 Å². The zero-order valence-corrected chi connectivity index (χ0v) is 18.6. The van der Waals surface area contributed by atoms with Gasteiger partial charge in [-0.2, -0.15) is 0 Å². The summed E-state index contributed by atoms with van der Waals surface area (Å²) in [4.78, 5) is 28.7. The van der Waals surface area contributed by atoms with Gasteiger partial charge in [-0.05, 0) is 78.6 Å². The van der Waals surface area contributed by atoms with Crippen LogP contribution >= 0.6 is 0 Å². The quantitative estimate of drug-likeness (QED) is 0.340. The number of aryl methyl sites for hydroxylation is 1. The SMILES string of the molecule is Cn1c(C=CC(=O)CC(=O)C=Cc2ccc(OCc3ccccn3)cc2)cc2c1C=CCC2. The Morgan fingerprint density at radius 3 is 2.58 bits per heavy atom. The van der Waals surface area contributed by atoms with Gasteiger partial charge in [0.2, 0.25) is 0 Å². The van der Waals surface area contributed by atoms with Crippen molar-refractivity contribution >= 4 is 29.8 Å². The van der Waals surface area contributed by atoms with Crippen molar-refractivity contribution in [3.8, 4) is 5.75 Å². The molecule has 166 valence electrons. The van der Waals surface area contributed by atoms with Gasteiger partial charge in [0.05, 0.1) is 12.1 Å². The van der Waals surface area contributed by atoms with E-state index in [9.17, 15) is 9.59 Å². The fourth-order valence-electron chi connectivity index (χ4n) is 3.69. The molecular formula is C28H26N2O3. The van der Waals surface area contributed by atoms with Crippen LogP contribution in [0.2, 0.25) is 0 Å². The van der Waals surface area contributed by atoms with E-state index in [4.69, 9.17) is 4.74 Å². The average molecular weight is 439 g/mol. The van der Waals surface area contributed by atoms with Crippen molar-refractivity contribution in [3.63, 3.8) is 0 Å². The van der Waals surface area contributed by atoms with Gasteiger partial charge in [-0.1, -0.05) is 30.4 Å². The molecule has 2 aromatic heterocycles. The van der Waals surface area contributed by atoms with E-state index in [2.05, 4.69) is 27.8 Å². The molecule has 1 aromatic carbocycles. The van der Waals surface area contributed by atoms with Crippen molar-refractivity contribution in [2.45, 2.75) is 25.9 Å². The summed E-state index contributed by atoms with van der Waals surface area (Å²) in [6.45, 7) is 0.395. The molecule has 0 spiro atoms. The summed E-state index contributed by atoms with van der Waals surface area (Å²) in [6.07, 6.45) is 14.3. The number of pyridine rings is 1. The maximum absolute atomic E-state index is 12.2. The molecule has 0 amide bonds. The Balaban J connectivity index is 1.27. The second-order valence-electron chi connectivity index (χ2n) is 7.93. The molecule has 0 radical (unpaired) electrons. The number of carbonyl (C=O) groups is 2. The summed E-state index contributed by atoms with van der Waals surface area (Å²) >= 11 is 0.